The van der Waals surface area contributed by atoms with Gasteiger partial charge in [0.1, 0.15) is 5.70 Å². The van der Waals surface area contributed by atoms with Gasteiger partial charge in [-0.15, -0.1) is 11.8 Å². The van der Waals surface area contributed by atoms with Crippen molar-refractivity contribution in [3.8, 4) is 0 Å². The van der Waals surface area contributed by atoms with Crippen LogP contribution in [0.5, 0.6) is 0 Å². The molecule has 6 atom stereocenters. The molecule has 0 unspecified atom stereocenters. The molecule has 0 saturated carbocycles. The van der Waals surface area contributed by atoms with Gasteiger partial charge in [0.25, 0.3) is 10.2 Å². The second kappa shape index (κ2) is 15.6. The van der Waals surface area contributed by atoms with Crippen molar-refractivity contribution in [2.45, 2.75) is 43.7 Å². The number of aliphatic hydroxyl groups excluding tert-OH is 1. The van der Waals surface area contributed by atoms with E-state index in [1.807, 2.05) is 0 Å². The molecule has 0 aliphatic carbocycles. The van der Waals surface area contributed by atoms with Crippen LogP contribution in [0.3, 0.4) is 0 Å². The third kappa shape index (κ3) is 8.27. The number of carbonyl (C=O) groups is 5. The summed E-state index contributed by atoms with van der Waals surface area (Å²) in [4.78, 5) is 67.4. The van der Waals surface area contributed by atoms with Gasteiger partial charge in [-0.05, 0) is 37.6 Å². The molecule has 50 heavy (non-hydrogen) atoms. The van der Waals surface area contributed by atoms with Crippen molar-refractivity contribution in [1.29, 1.82) is 0 Å². The van der Waals surface area contributed by atoms with Crippen LogP contribution in [0.4, 0.5) is 4.79 Å². The summed E-state index contributed by atoms with van der Waals surface area (Å²) in [6, 6.07) is 14.8. The largest absolute Gasteiger partial charge is 0.424 e. The molecular weight excluding hydrogens is 697 g/mol. The van der Waals surface area contributed by atoms with Crippen molar-refractivity contribution in [2.75, 3.05) is 26.7 Å². The van der Waals surface area contributed by atoms with Crippen molar-refractivity contribution in [1.82, 2.24) is 14.5 Å². The lowest BCUT2D eigenvalue weighted by Crippen LogP contribution is -2.63. The number of thioether (sulfide) groups is 1. The van der Waals surface area contributed by atoms with E-state index in [0.717, 1.165) is 0 Å². The number of nitrogens with one attached hydrogen (secondary N) is 1. The van der Waals surface area contributed by atoms with Gasteiger partial charge in [0, 0.05) is 35.2 Å². The standard InChI is InChI=1S/C32H36N4O12S2/c1-18-25-24(19(2)37)28(38)36(25)26(31(41)47-16-45-29(39)20-9-5-3-6-10-20)27(18)49-23-13-22(14-34-50(33,43)44)35(15-23)32(42)48-17-46-30(40)21-11-7-4-8-12-21/h3-12,18-19,22-25,34,37H,13-17H2,1-2H3,(H2,33,43,44)/t18-,19-,22+,23+,24-,25-/m1/s1. The fourth-order valence-corrected chi connectivity index (χ4v) is 8.16. The number of hydrogen-bond acceptors (Lipinski definition) is 13. The van der Waals surface area contributed by atoms with Gasteiger partial charge in [0.2, 0.25) is 19.5 Å². The summed E-state index contributed by atoms with van der Waals surface area (Å²) < 4.78 is 46.2. The number of nitrogens with zero attached hydrogens (tertiary/aromatic N) is 2. The SMILES string of the molecule is C[C@@H](O)[C@H]1C(=O)N2C(C(=O)OCOC(=O)c3ccccc3)=C(S[C@H]3C[C@@H](CNS(N)(=O)=O)N(C(=O)OCOC(=O)c4ccccc4)C3)[C@H](C)[C@H]12. The summed E-state index contributed by atoms with van der Waals surface area (Å²) in [5.74, 6) is -4.06. The van der Waals surface area contributed by atoms with E-state index < -0.39 is 89.0 Å². The van der Waals surface area contributed by atoms with E-state index in [1.54, 1.807) is 43.3 Å². The number of aliphatic hydroxyl groups is 1. The highest BCUT2D eigenvalue weighted by atomic mass is 32.2. The normalized spacial score (nSPS) is 23.5. The highest BCUT2D eigenvalue weighted by Crippen LogP contribution is 2.52. The number of esters is 3. The highest BCUT2D eigenvalue weighted by molar-refractivity contribution is 8.03. The lowest BCUT2D eigenvalue weighted by Gasteiger charge is -2.46. The molecule has 268 valence electrons. The second-order valence-electron chi connectivity index (χ2n) is 11.8. The molecule has 18 heteroatoms. The summed E-state index contributed by atoms with van der Waals surface area (Å²) >= 11 is 1.20. The number of hydrogen-bond donors (Lipinski definition) is 3. The lowest BCUT2D eigenvalue weighted by molar-refractivity contribution is -0.166. The van der Waals surface area contributed by atoms with Crippen LogP contribution in [0.2, 0.25) is 0 Å². The van der Waals surface area contributed by atoms with Gasteiger partial charge in [-0.3, -0.25) is 4.79 Å². The zero-order valence-electron chi connectivity index (χ0n) is 27.0. The molecule has 16 nitrogen and oxygen atoms in total. The van der Waals surface area contributed by atoms with Crippen LogP contribution in [0.25, 0.3) is 0 Å². The van der Waals surface area contributed by atoms with Gasteiger partial charge in [0.15, 0.2) is 0 Å². The van der Waals surface area contributed by atoms with Crippen LogP contribution in [-0.2, 0) is 38.7 Å². The first kappa shape index (κ1) is 36.8. The smallest absolute Gasteiger partial charge is 0.412 e. The Bertz CT molecular complexity index is 1760. The Morgan fingerprint density at radius 1 is 0.940 bits per heavy atom. The van der Waals surface area contributed by atoms with Crippen molar-refractivity contribution in [3.63, 3.8) is 0 Å². The number of benzene rings is 2. The predicted octanol–water partition coefficient (Wildman–Crippen LogP) is 1.33. The number of carbonyl (C=O) groups excluding carboxylic acids is 5. The molecule has 5 rings (SSSR count). The van der Waals surface area contributed by atoms with Crippen LogP contribution < -0.4 is 9.86 Å². The zero-order valence-corrected chi connectivity index (χ0v) is 28.6. The molecule has 0 aromatic heterocycles. The van der Waals surface area contributed by atoms with E-state index in [4.69, 9.17) is 24.1 Å². The van der Waals surface area contributed by atoms with E-state index >= 15 is 0 Å². The maximum atomic E-state index is 13.5. The molecule has 2 amide bonds. The summed E-state index contributed by atoms with van der Waals surface area (Å²) in [7, 11) is -4.13. The maximum absolute atomic E-state index is 13.5. The van der Waals surface area contributed by atoms with Crippen molar-refractivity contribution in [3.05, 3.63) is 82.4 Å². The minimum Gasteiger partial charge on any atom is -0.424 e. The first-order valence-corrected chi connectivity index (χ1v) is 17.9. The number of β-lactam (4-membered cyclic amide) rings is 1. The Morgan fingerprint density at radius 2 is 1.48 bits per heavy atom. The summed E-state index contributed by atoms with van der Waals surface area (Å²) in [6.45, 7) is 1.59. The number of fused-ring (bicyclic) bond motifs is 1. The van der Waals surface area contributed by atoms with Gasteiger partial charge in [0.05, 0.1) is 29.2 Å². The zero-order chi connectivity index (χ0) is 36.2. The molecule has 0 bridgehead atoms. The summed E-state index contributed by atoms with van der Waals surface area (Å²) in [5.41, 5.74) is 0.426. The van der Waals surface area contributed by atoms with Crippen LogP contribution >= 0.6 is 11.8 Å². The van der Waals surface area contributed by atoms with Crippen molar-refractivity contribution >= 4 is 51.9 Å². The lowest BCUT2D eigenvalue weighted by atomic mass is 9.79. The Balaban J connectivity index is 1.30. The number of ether oxygens (including phenoxy) is 4. The van der Waals surface area contributed by atoms with Crippen molar-refractivity contribution in [2.24, 2.45) is 17.0 Å². The van der Waals surface area contributed by atoms with Gasteiger partial charge < -0.3 is 33.9 Å². The van der Waals surface area contributed by atoms with Gasteiger partial charge in [-0.2, -0.15) is 8.42 Å². The molecular formula is C32H36N4O12S2. The van der Waals surface area contributed by atoms with Gasteiger partial charge in [-0.25, -0.2) is 29.0 Å². The molecule has 3 aliphatic heterocycles. The molecule has 0 radical (unpaired) electrons. The van der Waals surface area contributed by atoms with E-state index in [-0.39, 0.29) is 36.3 Å². The Morgan fingerprint density at radius 3 is 2.02 bits per heavy atom. The third-order valence-electron chi connectivity index (χ3n) is 8.50. The summed E-state index contributed by atoms with van der Waals surface area (Å²) in [5, 5.41) is 15.0. The molecule has 2 fully saturated rings. The Hall–Kier alpha value is -4.49. The average molecular weight is 733 g/mol. The molecule has 3 heterocycles. The van der Waals surface area contributed by atoms with E-state index in [9.17, 15) is 37.5 Å². The molecule has 2 aromatic rings. The predicted molar refractivity (Wildman–Crippen MR) is 176 cm³/mol. The monoisotopic (exact) mass is 732 g/mol. The van der Waals surface area contributed by atoms with Crippen LogP contribution in [0.1, 0.15) is 41.0 Å². The first-order chi connectivity index (χ1) is 23.8. The first-order valence-electron chi connectivity index (χ1n) is 15.5. The fraction of sp³-hybridized carbons (Fsp3) is 0.406. The van der Waals surface area contributed by atoms with E-state index in [1.165, 1.54) is 52.8 Å². The van der Waals surface area contributed by atoms with E-state index in [2.05, 4.69) is 4.72 Å². The minimum atomic E-state index is -4.13. The maximum Gasteiger partial charge on any atom is 0.412 e. The molecule has 0 spiro atoms. The van der Waals surface area contributed by atoms with Crippen LogP contribution in [0.15, 0.2) is 71.3 Å². The topological polar surface area (TPSA) is 221 Å². The number of amides is 2. The minimum absolute atomic E-state index is 0.0127. The number of rotatable bonds is 13. The van der Waals surface area contributed by atoms with E-state index in [0.29, 0.717) is 4.91 Å². The Labute approximate surface area is 292 Å². The number of likely N-dealkylation sites (tertiary alicyclic amines) is 1. The van der Waals surface area contributed by atoms with Gasteiger partial charge in [-0.1, -0.05) is 43.3 Å². The Kier molecular flexibility index (Phi) is 11.5. The van der Waals surface area contributed by atoms with Crippen LogP contribution in [0, 0.1) is 11.8 Å². The molecule has 4 N–H and O–H groups in total. The molecule has 2 aromatic carbocycles. The third-order valence-corrected chi connectivity index (χ3v) is 10.6. The molecule has 2 saturated heterocycles. The van der Waals surface area contributed by atoms with Crippen molar-refractivity contribution < 1.29 is 56.4 Å². The molecule has 3 aliphatic rings. The van der Waals surface area contributed by atoms with Gasteiger partial charge >= 0.3 is 24.0 Å². The average Bonchev–Trinajstić information content (AvgIpc) is 3.60. The summed E-state index contributed by atoms with van der Waals surface area (Å²) in [6.07, 6.45) is -1.68. The second-order valence-corrected chi connectivity index (χ2v) is 14.5. The number of nitrogens with two attached hydrogens (primary N) is 1. The fourth-order valence-electron chi connectivity index (χ4n) is 6.17. The quantitative estimate of drug-likeness (QED) is 0.151. The highest BCUT2D eigenvalue weighted by Gasteiger charge is 2.60. The van der Waals surface area contributed by atoms with Crippen LogP contribution in [-0.4, -0.2) is 103 Å².